The third-order valence-electron chi connectivity index (χ3n) is 8.46. The van der Waals surface area contributed by atoms with Gasteiger partial charge in [-0.2, -0.15) is 0 Å². The Morgan fingerprint density at radius 3 is 2.40 bits per heavy atom. The van der Waals surface area contributed by atoms with Gasteiger partial charge in [0.05, 0.1) is 30.7 Å². The molecule has 1 amide bonds. The normalized spacial score (nSPS) is 19.0. The lowest BCUT2D eigenvalue weighted by molar-refractivity contribution is 0.0364. The number of fused-ring (bicyclic) bond motifs is 1. The molecule has 2 aliphatic rings. The molecular weight excluding hydrogens is 515 g/mol. The van der Waals surface area contributed by atoms with Crippen LogP contribution in [-0.2, 0) is 11.3 Å². The van der Waals surface area contributed by atoms with Crippen LogP contribution >= 0.6 is 0 Å². The maximum absolute atomic E-state index is 13.8. The van der Waals surface area contributed by atoms with E-state index in [-0.39, 0.29) is 41.0 Å². The fourth-order valence-electron chi connectivity index (χ4n) is 5.62. The zero-order valence-corrected chi connectivity index (χ0v) is 23.1. The summed E-state index contributed by atoms with van der Waals surface area (Å²) in [6.07, 6.45) is 4.33. The molecule has 1 saturated carbocycles. The van der Waals surface area contributed by atoms with E-state index in [1.165, 1.54) is 16.7 Å². The minimum atomic E-state index is -0.868. The molecule has 0 atom stereocenters. The molecule has 5 rings (SSSR count). The smallest absolute Gasteiger partial charge is 0.268 e. The Bertz CT molecular complexity index is 1440. The van der Waals surface area contributed by atoms with Crippen molar-refractivity contribution in [3.05, 3.63) is 58.3 Å². The summed E-state index contributed by atoms with van der Waals surface area (Å²) in [7, 11) is 0. The molecule has 0 spiro atoms. The van der Waals surface area contributed by atoms with Gasteiger partial charge in [0.15, 0.2) is 0 Å². The number of morpholine rings is 1. The van der Waals surface area contributed by atoms with E-state index in [4.69, 9.17) is 4.74 Å². The van der Waals surface area contributed by atoms with E-state index in [2.05, 4.69) is 29.0 Å². The largest absolute Gasteiger partial charge is 0.506 e. The monoisotopic (exact) mass is 552 g/mol. The average Bonchev–Trinajstić information content (AvgIpc) is 2.95. The predicted octanol–water partition coefficient (Wildman–Crippen LogP) is 3.30. The average molecular weight is 553 g/mol. The molecule has 1 saturated heterocycles. The number of aromatic hydroxyl groups is 1. The molecule has 40 heavy (non-hydrogen) atoms. The van der Waals surface area contributed by atoms with Crippen LogP contribution < -0.4 is 10.9 Å². The number of rotatable bonds is 7. The summed E-state index contributed by atoms with van der Waals surface area (Å²) in [4.78, 5) is 34.2. The number of nitrogens with zero attached hydrogens (tertiary/aromatic N) is 3. The van der Waals surface area contributed by atoms with Gasteiger partial charge in [0.2, 0.25) is 0 Å². The Hall–Kier alpha value is -3.34. The second-order valence-electron chi connectivity index (χ2n) is 11.8. The van der Waals surface area contributed by atoms with Crippen LogP contribution in [0.4, 0.5) is 4.39 Å². The van der Waals surface area contributed by atoms with Crippen molar-refractivity contribution in [3.8, 4) is 16.9 Å². The number of pyridine rings is 2. The van der Waals surface area contributed by atoms with E-state index in [1.807, 2.05) is 0 Å². The first kappa shape index (κ1) is 28.2. The van der Waals surface area contributed by atoms with Gasteiger partial charge >= 0.3 is 0 Å². The van der Waals surface area contributed by atoms with Crippen molar-refractivity contribution < 1.29 is 24.1 Å². The van der Waals surface area contributed by atoms with E-state index >= 15 is 0 Å². The van der Waals surface area contributed by atoms with Crippen molar-refractivity contribution in [2.75, 3.05) is 39.5 Å². The number of amides is 1. The van der Waals surface area contributed by atoms with Gasteiger partial charge in [0.25, 0.3) is 11.5 Å². The Labute approximate surface area is 232 Å². The highest BCUT2D eigenvalue weighted by Crippen LogP contribution is 2.40. The van der Waals surface area contributed by atoms with Crippen LogP contribution in [0.2, 0.25) is 0 Å². The number of hydrogen-bond donors (Lipinski definition) is 3. The Kier molecular flexibility index (Phi) is 7.94. The number of aliphatic hydroxyl groups is 1. The van der Waals surface area contributed by atoms with Crippen molar-refractivity contribution in [1.29, 1.82) is 0 Å². The highest BCUT2D eigenvalue weighted by molar-refractivity contribution is 6.02. The van der Waals surface area contributed by atoms with E-state index in [0.29, 0.717) is 43.7 Å². The summed E-state index contributed by atoms with van der Waals surface area (Å²) in [6, 6.07) is 7.54. The highest BCUT2D eigenvalue weighted by atomic mass is 19.1. The van der Waals surface area contributed by atoms with Gasteiger partial charge < -0.3 is 20.3 Å². The maximum Gasteiger partial charge on any atom is 0.268 e. The molecule has 1 aromatic carbocycles. The summed E-state index contributed by atoms with van der Waals surface area (Å²) in [6.45, 7) is 7.54. The zero-order valence-electron chi connectivity index (χ0n) is 23.1. The van der Waals surface area contributed by atoms with E-state index in [1.54, 1.807) is 24.4 Å². The molecule has 1 aliphatic carbocycles. The summed E-state index contributed by atoms with van der Waals surface area (Å²) in [5.41, 5.74) is -0.233. The van der Waals surface area contributed by atoms with Crippen molar-refractivity contribution in [3.63, 3.8) is 0 Å². The van der Waals surface area contributed by atoms with Crippen LogP contribution in [0, 0.1) is 11.2 Å². The van der Waals surface area contributed by atoms with Gasteiger partial charge in [-0.1, -0.05) is 26.0 Å². The number of hydrogen-bond acceptors (Lipinski definition) is 7. The Morgan fingerprint density at radius 2 is 1.75 bits per heavy atom. The van der Waals surface area contributed by atoms with Crippen LogP contribution in [0.3, 0.4) is 0 Å². The van der Waals surface area contributed by atoms with E-state index in [9.17, 15) is 24.2 Å². The van der Waals surface area contributed by atoms with E-state index < -0.39 is 22.8 Å². The van der Waals surface area contributed by atoms with Crippen LogP contribution in [0.1, 0.15) is 49.9 Å². The number of carbonyl (C=O) groups is 1. The quantitative estimate of drug-likeness (QED) is 0.412. The number of carbonyl (C=O) groups excluding carboxylic acids is 1. The molecule has 3 heterocycles. The zero-order chi connectivity index (χ0) is 28.5. The Balaban J connectivity index is 1.57. The maximum atomic E-state index is 13.8. The van der Waals surface area contributed by atoms with Gasteiger partial charge in [0.1, 0.15) is 22.8 Å². The van der Waals surface area contributed by atoms with Crippen LogP contribution in [-0.4, -0.2) is 75.6 Å². The van der Waals surface area contributed by atoms with Gasteiger partial charge in [0, 0.05) is 37.9 Å². The molecule has 10 heteroatoms. The first-order valence-corrected chi connectivity index (χ1v) is 13.9. The number of aliphatic hydroxyl groups excluding tert-OH is 1. The minimum Gasteiger partial charge on any atom is -0.506 e. The van der Waals surface area contributed by atoms with Crippen molar-refractivity contribution in [2.24, 2.45) is 5.41 Å². The second-order valence-corrected chi connectivity index (χ2v) is 11.8. The minimum absolute atomic E-state index is 0.100. The van der Waals surface area contributed by atoms with Gasteiger partial charge in [-0.15, -0.1) is 0 Å². The predicted molar refractivity (Wildman–Crippen MR) is 150 cm³/mol. The van der Waals surface area contributed by atoms with Crippen LogP contribution in [0.5, 0.6) is 5.75 Å². The topological polar surface area (TPSA) is 117 Å². The number of ether oxygens (including phenoxy) is 1. The summed E-state index contributed by atoms with van der Waals surface area (Å²) < 4.78 is 20.4. The number of nitrogens with one attached hydrogen (secondary N) is 1. The second kappa shape index (κ2) is 11.3. The molecule has 2 fully saturated rings. The van der Waals surface area contributed by atoms with Gasteiger partial charge in [-0.25, -0.2) is 9.37 Å². The molecule has 9 nitrogen and oxygen atoms in total. The number of aromatic nitrogens is 2. The lowest BCUT2D eigenvalue weighted by Crippen LogP contribution is -2.55. The standard InChI is InChI=1S/C30H37FN4O5/c1-29(2)7-9-30(19-36,10-8-29)33-27(38)24-25(37)23-17-21(20-3-5-22(31)6-4-20)18-32-26(23)35(28(24)39)12-11-34-13-15-40-16-14-34/h3-6,17-18,36-37H,7-16,19H2,1-2H3,(H,33,38). The molecule has 3 N–H and O–H groups in total. The molecule has 0 unspecified atom stereocenters. The first-order valence-electron chi connectivity index (χ1n) is 13.9. The van der Waals surface area contributed by atoms with E-state index in [0.717, 1.165) is 25.9 Å². The highest BCUT2D eigenvalue weighted by Gasteiger charge is 2.40. The Morgan fingerprint density at radius 1 is 1.07 bits per heavy atom. The molecule has 2 aromatic heterocycles. The van der Waals surface area contributed by atoms with Crippen LogP contribution in [0.25, 0.3) is 22.2 Å². The molecule has 3 aromatic rings. The fourth-order valence-corrected chi connectivity index (χ4v) is 5.62. The summed E-state index contributed by atoms with van der Waals surface area (Å²) >= 11 is 0. The summed E-state index contributed by atoms with van der Waals surface area (Å²) in [5, 5.41) is 24.8. The lowest BCUT2D eigenvalue weighted by Gasteiger charge is -2.43. The lowest BCUT2D eigenvalue weighted by atomic mass is 9.69. The van der Waals surface area contributed by atoms with Gasteiger partial charge in [-0.05, 0) is 54.9 Å². The third-order valence-corrected chi connectivity index (χ3v) is 8.46. The number of halogens is 1. The fraction of sp³-hybridized carbons (Fsp3) is 0.500. The van der Waals surface area contributed by atoms with Crippen LogP contribution in [0.15, 0.2) is 41.3 Å². The molecular formula is C30H37FN4O5. The SMILES string of the molecule is CC1(C)CCC(CO)(NC(=O)c2c(O)c3cc(-c4ccc(F)cc4)cnc3n(CCN3CCOCC3)c2=O)CC1. The first-order chi connectivity index (χ1) is 19.1. The molecule has 0 radical (unpaired) electrons. The molecule has 214 valence electrons. The third kappa shape index (κ3) is 5.75. The van der Waals surface area contributed by atoms with Crippen molar-refractivity contribution >= 4 is 16.9 Å². The van der Waals surface area contributed by atoms with Crippen molar-refractivity contribution in [1.82, 2.24) is 19.8 Å². The van der Waals surface area contributed by atoms with Crippen molar-refractivity contribution in [2.45, 2.75) is 51.6 Å². The van der Waals surface area contributed by atoms with Gasteiger partial charge in [-0.3, -0.25) is 19.1 Å². The molecule has 0 bridgehead atoms. The summed E-state index contributed by atoms with van der Waals surface area (Å²) in [5.74, 6) is -1.55. The molecule has 1 aliphatic heterocycles. The number of benzene rings is 1.